The topological polar surface area (TPSA) is 30.5 Å². The molecule has 3 rings (SSSR count). The lowest BCUT2D eigenvalue weighted by Gasteiger charge is -2.16. The highest BCUT2D eigenvalue weighted by atomic mass is 79.9. The first-order valence-corrected chi connectivity index (χ1v) is 10.9. The molecule has 0 heterocycles. The van der Waals surface area contributed by atoms with Crippen molar-refractivity contribution in [3.05, 3.63) is 92.9 Å². The van der Waals surface area contributed by atoms with Crippen LogP contribution in [0.25, 0.3) is 0 Å². The van der Waals surface area contributed by atoms with Crippen LogP contribution in [0.15, 0.2) is 71.2 Å². The van der Waals surface area contributed by atoms with Crippen LogP contribution in [0.2, 0.25) is 5.02 Å². The van der Waals surface area contributed by atoms with Crippen LogP contribution in [-0.2, 0) is 19.6 Å². The first-order chi connectivity index (χ1) is 14.2. The summed E-state index contributed by atoms with van der Waals surface area (Å²) in [5.74, 6) is 1.45. The minimum absolute atomic E-state index is 0.425. The van der Waals surface area contributed by atoms with Crippen LogP contribution < -0.4 is 14.8 Å². The van der Waals surface area contributed by atoms with Crippen molar-refractivity contribution >= 4 is 27.5 Å². The summed E-state index contributed by atoms with van der Waals surface area (Å²) in [4.78, 5) is 0. The Kier molecular flexibility index (Phi) is 8.41. The van der Waals surface area contributed by atoms with E-state index in [2.05, 4.69) is 51.6 Å². The van der Waals surface area contributed by atoms with Gasteiger partial charge in [-0.15, -0.1) is 0 Å². The van der Waals surface area contributed by atoms with Crippen molar-refractivity contribution in [1.29, 1.82) is 0 Å². The Labute approximate surface area is 186 Å². The molecule has 0 saturated heterocycles. The van der Waals surface area contributed by atoms with E-state index >= 15 is 0 Å². The van der Waals surface area contributed by atoms with Crippen molar-refractivity contribution in [1.82, 2.24) is 5.32 Å². The molecule has 0 aliphatic carbocycles. The summed E-state index contributed by atoms with van der Waals surface area (Å²) in [6, 6.07) is 22.3. The Morgan fingerprint density at radius 2 is 1.69 bits per heavy atom. The molecule has 0 amide bonds. The van der Waals surface area contributed by atoms with Gasteiger partial charge in [0, 0.05) is 11.6 Å². The van der Waals surface area contributed by atoms with Crippen molar-refractivity contribution in [2.24, 2.45) is 0 Å². The van der Waals surface area contributed by atoms with E-state index in [1.165, 1.54) is 5.56 Å². The second kappa shape index (κ2) is 11.2. The molecule has 0 unspecified atom stereocenters. The predicted molar refractivity (Wildman–Crippen MR) is 123 cm³/mol. The monoisotopic (exact) mass is 473 g/mol. The maximum atomic E-state index is 6.06. The van der Waals surface area contributed by atoms with Crippen LogP contribution in [0.4, 0.5) is 0 Å². The fourth-order valence-corrected chi connectivity index (χ4v) is 3.84. The molecule has 3 aromatic rings. The number of rotatable bonds is 10. The average molecular weight is 475 g/mol. The summed E-state index contributed by atoms with van der Waals surface area (Å²) in [5, 5.41) is 4.20. The van der Waals surface area contributed by atoms with Gasteiger partial charge < -0.3 is 14.8 Å². The lowest BCUT2D eigenvalue weighted by molar-refractivity contribution is 0.267. The lowest BCUT2D eigenvalue weighted by Crippen LogP contribution is -2.16. The molecule has 0 saturated carbocycles. The SMILES string of the molecule is CCOc1cc(CNCCc2ccccc2)cc(Br)c1OCc1cccc(Cl)c1. The molecule has 0 aliphatic rings. The Hall–Kier alpha value is -2.01. The van der Waals surface area contributed by atoms with Gasteiger partial charge in [0.15, 0.2) is 11.5 Å². The largest absolute Gasteiger partial charge is 0.490 e. The Bertz CT molecular complexity index is 918. The molecule has 29 heavy (non-hydrogen) atoms. The highest BCUT2D eigenvalue weighted by Gasteiger charge is 2.13. The average Bonchev–Trinajstić information content (AvgIpc) is 2.72. The Morgan fingerprint density at radius 3 is 2.45 bits per heavy atom. The Morgan fingerprint density at radius 1 is 0.897 bits per heavy atom. The van der Waals surface area contributed by atoms with E-state index in [0.29, 0.717) is 24.0 Å². The fraction of sp³-hybridized carbons (Fsp3) is 0.250. The minimum Gasteiger partial charge on any atom is -0.490 e. The van der Waals surface area contributed by atoms with Gasteiger partial charge in [0.2, 0.25) is 0 Å². The molecule has 0 atom stereocenters. The molecule has 1 N–H and O–H groups in total. The highest BCUT2D eigenvalue weighted by Crippen LogP contribution is 2.37. The normalized spacial score (nSPS) is 10.7. The number of hydrogen-bond donors (Lipinski definition) is 1. The van der Waals surface area contributed by atoms with Gasteiger partial charge in [0.25, 0.3) is 0 Å². The number of nitrogens with one attached hydrogen (secondary N) is 1. The smallest absolute Gasteiger partial charge is 0.175 e. The lowest BCUT2D eigenvalue weighted by atomic mass is 10.1. The number of benzene rings is 3. The second-order valence-electron chi connectivity index (χ2n) is 6.67. The van der Waals surface area contributed by atoms with Crippen molar-refractivity contribution in [2.45, 2.75) is 26.5 Å². The van der Waals surface area contributed by atoms with Gasteiger partial charge in [-0.3, -0.25) is 0 Å². The quantitative estimate of drug-likeness (QED) is 0.344. The highest BCUT2D eigenvalue weighted by molar-refractivity contribution is 9.10. The number of ether oxygens (including phenoxy) is 2. The van der Waals surface area contributed by atoms with Crippen LogP contribution in [0, 0.1) is 0 Å². The third kappa shape index (κ3) is 6.77. The van der Waals surface area contributed by atoms with Crippen LogP contribution >= 0.6 is 27.5 Å². The van der Waals surface area contributed by atoms with E-state index in [0.717, 1.165) is 40.9 Å². The van der Waals surface area contributed by atoms with Crippen molar-refractivity contribution in [3.63, 3.8) is 0 Å². The third-order valence-electron chi connectivity index (χ3n) is 4.40. The molecule has 0 bridgehead atoms. The number of hydrogen-bond acceptors (Lipinski definition) is 3. The predicted octanol–water partition coefficient (Wildman–Crippen LogP) is 6.41. The maximum absolute atomic E-state index is 6.06. The molecular formula is C24H25BrClNO2. The molecule has 0 radical (unpaired) electrons. The maximum Gasteiger partial charge on any atom is 0.175 e. The molecule has 3 aromatic carbocycles. The molecule has 0 spiro atoms. The van der Waals surface area contributed by atoms with Gasteiger partial charge in [-0.05, 0) is 76.8 Å². The summed E-state index contributed by atoms with van der Waals surface area (Å²) < 4.78 is 12.8. The van der Waals surface area contributed by atoms with E-state index < -0.39 is 0 Å². The summed E-state index contributed by atoms with van der Waals surface area (Å²) >= 11 is 9.71. The standard InChI is InChI=1S/C24H25BrClNO2/c1-2-28-23-15-20(16-27-12-11-18-7-4-3-5-8-18)14-22(25)24(23)29-17-19-9-6-10-21(26)13-19/h3-10,13-15,27H,2,11-12,16-17H2,1H3. The first-order valence-electron chi connectivity index (χ1n) is 9.73. The third-order valence-corrected chi connectivity index (χ3v) is 5.23. The van der Waals surface area contributed by atoms with Crippen molar-refractivity contribution in [3.8, 4) is 11.5 Å². The molecule has 3 nitrogen and oxygen atoms in total. The summed E-state index contributed by atoms with van der Waals surface area (Å²) in [7, 11) is 0. The second-order valence-corrected chi connectivity index (χ2v) is 7.96. The summed E-state index contributed by atoms with van der Waals surface area (Å²) in [6.45, 7) is 4.65. The fourth-order valence-electron chi connectivity index (χ4n) is 3.02. The van der Waals surface area contributed by atoms with Gasteiger partial charge in [-0.1, -0.05) is 54.1 Å². The Balaban J connectivity index is 1.62. The van der Waals surface area contributed by atoms with Gasteiger partial charge in [0.1, 0.15) is 6.61 Å². The van der Waals surface area contributed by atoms with E-state index in [-0.39, 0.29) is 0 Å². The number of halogens is 2. The molecular weight excluding hydrogens is 450 g/mol. The van der Waals surface area contributed by atoms with Gasteiger partial charge in [-0.25, -0.2) is 0 Å². The zero-order valence-electron chi connectivity index (χ0n) is 16.5. The van der Waals surface area contributed by atoms with Crippen LogP contribution in [0.3, 0.4) is 0 Å². The molecule has 5 heteroatoms. The molecule has 0 aliphatic heterocycles. The van der Waals surface area contributed by atoms with E-state index in [1.54, 1.807) is 0 Å². The van der Waals surface area contributed by atoms with E-state index in [9.17, 15) is 0 Å². The van der Waals surface area contributed by atoms with Gasteiger partial charge in [-0.2, -0.15) is 0 Å². The van der Waals surface area contributed by atoms with Crippen LogP contribution in [0.1, 0.15) is 23.6 Å². The van der Waals surface area contributed by atoms with E-state index in [1.807, 2.05) is 43.3 Å². The van der Waals surface area contributed by atoms with E-state index in [4.69, 9.17) is 21.1 Å². The van der Waals surface area contributed by atoms with Crippen molar-refractivity contribution < 1.29 is 9.47 Å². The summed E-state index contributed by atoms with van der Waals surface area (Å²) in [6.07, 6.45) is 1.00. The first kappa shape index (κ1) is 21.7. The molecule has 152 valence electrons. The summed E-state index contributed by atoms with van der Waals surface area (Å²) in [5.41, 5.74) is 3.49. The molecule has 0 aromatic heterocycles. The van der Waals surface area contributed by atoms with Crippen LogP contribution in [-0.4, -0.2) is 13.2 Å². The van der Waals surface area contributed by atoms with Crippen molar-refractivity contribution in [2.75, 3.05) is 13.2 Å². The van der Waals surface area contributed by atoms with Crippen LogP contribution in [0.5, 0.6) is 11.5 Å². The van der Waals surface area contributed by atoms with Gasteiger partial charge in [0.05, 0.1) is 11.1 Å². The van der Waals surface area contributed by atoms with Gasteiger partial charge >= 0.3 is 0 Å². The molecule has 0 fully saturated rings. The minimum atomic E-state index is 0.425. The zero-order valence-corrected chi connectivity index (χ0v) is 18.8. The zero-order chi connectivity index (χ0) is 20.5.